The first-order chi connectivity index (χ1) is 24.3. The summed E-state index contributed by atoms with van der Waals surface area (Å²) in [5.41, 5.74) is 5.23. The normalized spacial score (nSPS) is 18.9. The van der Waals surface area contributed by atoms with E-state index in [-0.39, 0.29) is 23.8 Å². The van der Waals surface area contributed by atoms with E-state index in [1.807, 2.05) is 29.2 Å². The Kier molecular flexibility index (Phi) is 8.59. The summed E-state index contributed by atoms with van der Waals surface area (Å²) in [6, 6.07) is 12.1. The highest BCUT2D eigenvalue weighted by atomic mass is 16.2. The van der Waals surface area contributed by atoms with Crippen LogP contribution < -0.4 is 20.4 Å². The number of fused-ring (bicyclic) bond motifs is 2. The van der Waals surface area contributed by atoms with Crippen LogP contribution >= 0.6 is 0 Å². The third-order valence-electron chi connectivity index (χ3n) is 10.8. The van der Waals surface area contributed by atoms with Crippen LogP contribution in [-0.2, 0) is 11.3 Å². The molecular weight excluding hydrogens is 632 g/mol. The summed E-state index contributed by atoms with van der Waals surface area (Å²) in [5, 5.41) is 6.96. The molecule has 1 aromatic carbocycles. The standard InChI is InChI=1S/C37H44N10O3/c1-43(2)36(50)31-18-26-20-40-37(42-34(26)47(31)27-5-3-4-6-27)41-32-10-8-29(21-38-32)46-16-15-44(23-33(46)48)22-24-11-13-45(14-12-24)28-7-9-30-25(17-28)19-39-35(30)49/h7-10,17-18,20-21,24,27H,3-6,11-16,19,22-23H2,1-2H3,(H,39,49)(H,38,40,41,42). The second kappa shape index (κ2) is 13.3. The molecule has 13 nitrogen and oxygen atoms in total. The van der Waals surface area contributed by atoms with E-state index in [9.17, 15) is 14.4 Å². The lowest BCUT2D eigenvalue weighted by molar-refractivity contribution is -0.121. The Labute approximate surface area is 291 Å². The van der Waals surface area contributed by atoms with Crippen molar-refractivity contribution in [3.05, 3.63) is 65.6 Å². The third-order valence-corrected chi connectivity index (χ3v) is 10.8. The largest absolute Gasteiger partial charge is 0.372 e. The summed E-state index contributed by atoms with van der Waals surface area (Å²) in [4.78, 5) is 60.3. The number of nitrogens with zero attached hydrogens (tertiary/aromatic N) is 8. The zero-order valence-electron chi connectivity index (χ0n) is 28.8. The van der Waals surface area contributed by atoms with Gasteiger partial charge >= 0.3 is 0 Å². The number of piperazine rings is 1. The van der Waals surface area contributed by atoms with Crippen LogP contribution in [0.25, 0.3) is 11.0 Å². The van der Waals surface area contributed by atoms with Gasteiger partial charge in [0.05, 0.1) is 18.4 Å². The molecule has 0 bridgehead atoms. The van der Waals surface area contributed by atoms with Gasteiger partial charge < -0.3 is 29.9 Å². The summed E-state index contributed by atoms with van der Waals surface area (Å²) in [5.74, 6) is 1.61. The van der Waals surface area contributed by atoms with Gasteiger partial charge in [0.1, 0.15) is 17.2 Å². The zero-order valence-corrected chi connectivity index (χ0v) is 28.8. The second-order valence-electron chi connectivity index (χ2n) is 14.3. The van der Waals surface area contributed by atoms with E-state index in [1.165, 1.54) is 5.69 Å². The molecule has 2 saturated heterocycles. The Bertz CT molecular complexity index is 1930. The third kappa shape index (κ3) is 6.26. The molecule has 13 heteroatoms. The van der Waals surface area contributed by atoms with Crippen LogP contribution in [0, 0.1) is 5.92 Å². The predicted octanol–water partition coefficient (Wildman–Crippen LogP) is 4.20. The maximum absolute atomic E-state index is 13.3. The van der Waals surface area contributed by atoms with Crippen LogP contribution in [0.1, 0.15) is 71.0 Å². The summed E-state index contributed by atoms with van der Waals surface area (Å²) in [7, 11) is 3.54. The van der Waals surface area contributed by atoms with Crippen molar-refractivity contribution in [2.75, 3.05) is 68.5 Å². The number of amides is 3. The molecule has 0 atom stereocenters. The topological polar surface area (TPSA) is 132 Å². The van der Waals surface area contributed by atoms with Gasteiger partial charge in [0.2, 0.25) is 11.9 Å². The van der Waals surface area contributed by atoms with Gasteiger partial charge in [-0.05, 0) is 73.6 Å². The predicted molar refractivity (Wildman–Crippen MR) is 192 cm³/mol. The average molecular weight is 677 g/mol. The Balaban J connectivity index is 0.864. The SMILES string of the molecule is CN(C)C(=O)c1cc2cnc(Nc3ccc(N4CCN(CC5CCN(c6ccc7c(c6)CNC7=O)CC5)CC4=O)cn3)nc2n1C1CCCC1. The van der Waals surface area contributed by atoms with Gasteiger partial charge in [-0.25, -0.2) is 9.97 Å². The lowest BCUT2D eigenvalue weighted by Crippen LogP contribution is -2.52. The Hall–Kier alpha value is -5.04. The fourth-order valence-electron chi connectivity index (χ4n) is 8.03. The highest BCUT2D eigenvalue weighted by molar-refractivity contribution is 5.99. The molecule has 0 unspecified atom stereocenters. The summed E-state index contributed by atoms with van der Waals surface area (Å²) < 4.78 is 2.10. The van der Waals surface area contributed by atoms with Crippen LogP contribution in [0.4, 0.5) is 23.1 Å². The number of carbonyl (C=O) groups is 3. The molecule has 2 N–H and O–H groups in total. The molecule has 3 fully saturated rings. The van der Waals surface area contributed by atoms with E-state index < -0.39 is 0 Å². The number of piperidine rings is 1. The average Bonchev–Trinajstić information content (AvgIpc) is 3.88. The highest BCUT2D eigenvalue weighted by Crippen LogP contribution is 2.35. The van der Waals surface area contributed by atoms with Crippen molar-refractivity contribution in [2.24, 2.45) is 5.92 Å². The van der Waals surface area contributed by atoms with Crippen molar-refractivity contribution < 1.29 is 14.4 Å². The molecular formula is C37H44N10O3. The summed E-state index contributed by atoms with van der Waals surface area (Å²) >= 11 is 0. The lowest BCUT2D eigenvalue weighted by atomic mass is 9.95. The number of aromatic nitrogens is 4. The number of anilines is 4. The van der Waals surface area contributed by atoms with Crippen LogP contribution in [-0.4, -0.2) is 100 Å². The molecule has 3 aliphatic heterocycles. The van der Waals surface area contributed by atoms with Crippen LogP contribution in [0.15, 0.2) is 48.8 Å². The maximum atomic E-state index is 13.3. The maximum Gasteiger partial charge on any atom is 0.270 e. The van der Waals surface area contributed by atoms with Gasteiger partial charge in [-0.1, -0.05) is 12.8 Å². The van der Waals surface area contributed by atoms with Crippen molar-refractivity contribution >= 4 is 51.9 Å². The quantitative estimate of drug-likeness (QED) is 0.282. The van der Waals surface area contributed by atoms with E-state index >= 15 is 0 Å². The summed E-state index contributed by atoms with van der Waals surface area (Å²) in [6.45, 7) is 5.35. The van der Waals surface area contributed by atoms with Crippen molar-refractivity contribution in [1.82, 2.24) is 34.6 Å². The molecule has 1 aliphatic carbocycles. The van der Waals surface area contributed by atoms with E-state index in [1.54, 1.807) is 31.4 Å². The van der Waals surface area contributed by atoms with Crippen LogP contribution in [0.5, 0.6) is 0 Å². The monoisotopic (exact) mass is 676 g/mol. The van der Waals surface area contributed by atoms with Crippen molar-refractivity contribution in [2.45, 2.75) is 51.1 Å². The molecule has 4 aliphatic rings. The smallest absolute Gasteiger partial charge is 0.270 e. The van der Waals surface area contributed by atoms with Gasteiger partial charge in [-0.15, -0.1) is 0 Å². The number of hydrogen-bond acceptors (Lipinski definition) is 9. The molecule has 1 saturated carbocycles. The van der Waals surface area contributed by atoms with Crippen LogP contribution in [0.3, 0.4) is 0 Å². The number of nitrogens with one attached hydrogen (secondary N) is 2. The van der Waals surface area contributed by atoms with Crippen molar-refractivity contribution in [1.29, 1.82) is 0 Å². The molecule has 260 valence electrons. The number of pyridine rings is 1. The minimum Gasteiger partial charge on any atom is -0.372 e. The zero-order chi connectivity index (χ0) is 34.4. The second-order valence-corrected chi connectivity index (χ2v) is 14.3. The summed E-state index contributed by atoms with van der Waals surface area (Å²) in [6.07, 6.45) is 9.99. The van der Waals surface area contributed by atoms with Gasteiger partial charge in [0, 0.05) is 82.2 Å². The molecule has 4 aromatic rings. The Morgan fingerprint density at radius 2 is 1.74 bits per heavy atom. The Morgan fingerprint density at radius 3 is 2.48 bits per heavy atom. The minimum absolute atomic E-state index is 0.0187. The molecule has 6 heterocycles. The fourth-order valence-corrected chi connectivity index (χ4v) is 8.03. The molecule has 50 heavy (non-hydrogen) atoms. The van der Waals surface area contributed by atoms with Crippen molar-refractivity contribution in [3.8, 4) is 0 Å². The van der Waals surface area contributed by atoms with E-state index in [0.29, 0.717) is 43.0 Å². The molecule has 8 rings (SSSR count). The van der Waals surface area contributed by atoms with Gasteiger partial charge in [0.25, 0.3) is 11.8 Å². The lowest BCUT2D eigenvalue weighted by Gasteiger charge is -2.39. The number of hydrogen-bond donors (Lipinski definition) is 2. The van der Waals surface area contributed by atoms with E-state index in [0.717, 1.165) is 92.6 Å². The van der Waals surface area contributed by atoms with Crippen LogP contribution in [0.2, 0.25) is 0 Å². The van der Waals surface area contributed by atoms with Gasteiger partial charge in [-0.2, -0.15) is 4.98 Å². The minimum atomic E-state index is -0.0390. The number of carbonyl (C=O) groups excluding carboxylic acids is 3. The first-order valence-corrected chi connectivity index (χ1v) is 17.8. The van der Waals surface area contributed by atoms with Crippen molar-refractivity contribution in [3.63, 3.8) is 0 Å². The van der Waals surface area contributed by atoms with Gasteiger partial charge in [-0.3, -0.25) is 19.3 Å². The molecule has 3 aromatic heterocycles. The van der Waals surface area contributed by atoms with E-state index in [2.05, 4.69) is 47.1 Å². The highest BCUT2D eigenvalue weighted by Gasteiger charge is 2.30. The Morgan fingerprint density at radius 1 is 0.940 bits per heavy atom. The molecule has 0 radical (unpaired) electrons. The van der Waals surface area contributed by atoms with Gasteiger partial charge in [0.15, 0.2) is 0 Å². The number of benzene rings is 1. The van der Waals surface area contributed by atoms with E-state index in [4.69, 9.17) is 4.98 Å². The molecule has 3 amide bonds. The first kappa shape index (κ1) is 32.2. The molecule has 0 spiro atoms. The number of rotatable bonds is 8. The first-order valence-electron chi connectivity index (χ1n) is 17.8. The fraction of sp³-hybridized carbons (Fsp3) is 0.459.